The SMILES string of the molecule is O=S(=O)(CCCO)c1ccccn1. The molecule has 0 saturated carbocycles. The number of hydrogen-bond acceptors (Lipinski definition) is 4. The number of aromatic nitrogens is 1. The summed E-state index contributed by atoms with van der Waals surface area (Å²) in [6, 6.07) is 4.73. The Morgan fingerprint density at radius 1 is 1.38 bits per heavy atom. The van der Waals surface area contributed by atoms with Gasteiger partial charge in [-0.1, -0.05) is 6.07 Å². The number of aliphatic hydroxyl groups is 1. The Labute approximate surface area is 77.2 Å². The van der Waals surface area contributed by atoms with Crippen LogP contribution in [-0.2, 0) is 9.84 Å². The Morgan fingerprint density at radius 2 is 2.15 bits per heavy atom. The van der Waals surface area contributed by atoms with Gasteiger partial charge in [-0.2, -0.15) is 0 Å². The van der Waals surface area contributed by atoms with Gasteiger partial charge in [0, 0.05) is 12.8 Å². The van der Waals surface area contributed by atoms with Crippen LogP contribution in [0.2, 0.25) is 0 Å². The molecule has 0 aliphatic heterocycles. The fourth-order valence-electron chi connectivity index (χ4n) is 0.890. The van der Waals surface area contributed by atoms with Crippen molar-refractivity contribution >= 4 is 9.84 Å². The largest absolute Gasteiger partial charge is 0.396 e. The first-order chi connectivity index (χ1) is 6.17. The fraction of sp³-hybridized carbons (Fsp3) is 0.375. The number of sulfone groups is 1. The predicted molar refractivity (Wildman–Crippen MR) is 48.0 cm³/mol. The molecule has 1 rings (SSSR count). The van der Waals surface area contributed by atoms with E-state index in [1.165, 1.54) is 12.3 Å². The van der Waals surface area contributed by atoms with E-state index in [1.807, 2.05) is 0 Å². The van der Waals surface area contributed by atoms with Crippen molar-refractivity contribution in [3.63, 3.8) is 0 Å². The number of pyridine rings is 1. The van der Waals surface area contributed by atoms with Crippen molar-refractivity contribution in [2.75, 3.05) is 12.4 Å². The highest BCUT2D eigenvalue weighted by Crippen LogP contribution is 2.07. The highest BCUT2D eigenvalue weighted by atomic mass is 32.2. The lowest BCUT2D eigenvalue weighted by Gasteiger charge is -2.00. The first-order valence-corrected chi connectivity index (χ1v) is 5.57. The van der Waals surface area contributed by atoms with Gasteiger partial charge in [0.1, 0.15) is 0 Å². The predicted octanol–water partition coefficient (Wildman–Crippen LogP) is 0.238. The van der Waals surface area contributed by atoms with Crippen LogP contribution in [0.4, 0.5) is 0 Å². The van der Waals surface area contributed by atoms with E-state index in [-0.39, 0.29) is 23.8 Å². The summed E-state index contributed by atoms with van der Waals surface area (Å²) in [5, 5.41) is 8.56. The molecule has 1 aromatic heterocycles. The molecule has 0 bridgehead atoms. The topological polar surface area (TPSA) is 67.3 Å². The number of aliphatic hydroxyl groups excluding tert-OH is 1. The van der Waals surface area contributed by atoms with Crippen molar-refractivity contribution in [1.29, 1.82) is 0 Å². The Bertz CT molecular complexity index is 347. The van der Waals surface area contributed by atoms with Gasteiger partial charge in [-0.15, -0.1) is 0 Å². The molecular formula is C8H11NO3S. The molecule has 4 nitrogen and oxygen atoms in total. The minimum Gasteiger partial charge on any atom is -0.396 e. The third-order valence-electron chi connectivity index (χ3n) is 1.53. The minimum absolute atomic E-state index is 0.0550. The van der Waals surface area contributed by atoms with Gasteiger partial charge >= 0.3 is 0 Å². The van der Waals surface area contributed by atoms with Crippen LogP contribution < -0.4 is 0 Å². The molecule has 0 aliphatic rings. The molecule has 0 unspecified atom stereocenters. The molecular weight excluding hydrogens is 190 g/mol. The van der Waals surface area contributed by atoms with Crippen LogP contribution in [0, 0.1) is 0 Å². The van der Waals surface area contributed by atoms with E-state index in [0.717, 1.165) is 0 Å². The van der Waals surface area contributed by atoms with Crippen molar-refractivity contribution in [2.45, 2.75) is 11.4 Å². The van der Waals surface area contributed by atoms with E-state index in [1.54, 1.807) is 12.1 Å². The van der Waals surface area contributed by atoms with Crippen molar-refractivity contribution in [2.24, 2.45) is 0 Å². The second kappa shape index (κ2) is 4.34. The average molecular weight is 201 g/mol. The first-order valence-electron chi connectivity index (χ1n) is 3.91. The molecule has 1 N–H and O–H groups in total. The molecule has 72 valence electrons. The number of hydrogen-bond donors (Lipinski definition) is 1. The van der Waals surface area contributed by atoms with Gasteiger partial charge in [-0.3, -0.25) is 0 Å². The lowest BCUT2D eigenvalue weighted by Crippen LogP contribution is -2.09. The Hall–Kier alpha value is -0.940. The maximum absolute atomic E-state index is 11.4. The first kappa shape index (κ1) is 10.1. The van der Waals surface area contributed by atoms with E-state index in [9.17, 15) is 8.42 Å². The molecule has 0 aromatic carbocycles. The van der Waals surface area contributed by atoms with Gasteiger partial charge in [0.25, 0.3) is 0 Å². The standard InChI is InChI=1S/C8H11NO3S/c10-6-3-7-13(11,12)8-4-1-2-5-9-8/h1-2,4-5,10H,3,6-7H2. The van der Waals surface area contributed by atoms with Gasteiger partial charge < -0.3 is 5.11 Å². The van der Waals surface area contributed by atoms with E-state index >= 15 is 0 Å². The highest BCUT2D eigenvalue weighted by molar-refractivity contribution is 7.91. The Morgan fingerprint density at radius 3 is 2.69 bits per heavy atom. The summed E-state index contributed by atoms with van der Waals surface area (Å²) in [5.41, 5.74) is 0. The number of rotatable bonds is 4. The maximum Gasteiger partial charge on any atom is 0.195 e. The third-order valence-corrected chi connectivity index (χ3v) is 3.23. The number of nitrogens with zero attached hydrogens (tertiary/aromatic N) is 1. The summed E-state index contributed by atoms with van der Waals surface area (Å²) in [4.78, 5) is 3.73. The molecule has 1 aromatic rings. The average Bonchev–Trinajstić information content (AvgIpc) is 2.16. The summed E-state index contributed by atoms with van der Waals surface area (Å²) >= 11 is 0. The van der Waals surface area contributed by atoms with Gasteiger partial charge in [-0.25, -0.2) is 13.4 Å². The van der Waals surface area contributed by atoms with E-state index in [4.69, 9.17) is 5.11 Å². The zero-order valence-electron chi connectivity index (χ0n) is 7.05. The van der Waals surface area contributed by atoms with Gasteiger partial charge in [0.05, 0.1) is 5.75 Å². The van der Waals surface area contributed by atoms with Gasteiger partial charge in [0.2, 0.25) is 0 Å². The molecule has 5 heteroatoms. The minimum atomic E-state index is -3.29. The zero-order chi connectivity index (χ0) is 9.73. The van der Waals surface area contributed by atoms with E-state index in [2.05, 4.69) is 4.98 Å². The zero-order valence-corrected chi connectivity index (χ0v) is 7.87. The summed E-state index contributed by atoms with van der Waals surface area (Å²) < 4.78 is 22.8. The molecule has 0 atom stereocenters. The molecule has 0 aliphatic carbocycles. The van der Waals surface area contributed by atoms with Crippen LogP contribution in [0.3, 0.4) is 0 Å². The lowest BCUT2D eigenvalue weighted by atomic mass is 10.5. The molecule has 0 fully saturated rings. The molecule has 0 spiro atoms. The Kier molecular flexibility index (Phi) is 3.39. The summed E-state index contributed by atoms with van der Waals surface area (Å²) in [7, 11) is -3.29. The molecule has 13 heavy (non-hydrogen) atoms. The van der Waals surface area contributed by atoms with Crippen molar-refractivity contribution in [3.05, 3.63) is 24.4 Å². The maximum atomic E-state index is 11.4. The van der Waals surface area contributed by atoms with Crippen LogP contribution in [0.25, 0.3) is 0 Å². The van der Waals surface area contributed by atoms with E-state index < -0.39 is 9.84 Å². The van der Waals surface area contributed by atoms with Crippen LogP contribution in [0.15, 0.2) is 29.4 Å². The van der Waals surface area contributed by atoms with E-state index in [0.29, 0.717) is 0 Å². The van der Waals surface area contributed by atoms with Crippen molar-refractivity contribution in [3.8, 4) is 0 Å². The molecule has 0 saturated heterocycles. The van der Waals surface area contributed by atoms with Crippen molar-refractivity contribution in [1.82, 2.24) is 4.98 Å². The normalized spacial score (nSPS) is 11.5. The van der Waals surface area contributed by atoms with Crippen LogP contribution >= 0.6 is 0 Å². The molecule has 1 heterocycles. The van der Waals surface area contributed by atoms with Crippen LogP contribution in [0.5, 0.6) is 0 Å². The van der Waals surface area contributed by atoms with Crippen LogP contribution in [-0.4, -0.2) is 30.9 Å². The highest BCUT2D eigenvalue weighted by Gasteiger charge is 2.13. The summed E-state index contributed by atoms with van der Waals surface area (Å²) in [5.74, 6) is -0.0550. The quantitative estimate of drug-likeness (QED) is 0.757. The van der Waals surface area contributed by atoms with Crippen LogP contribution in [0.1, 0.15) is 6.42 Å². The molecule has 0 amide bonds. The molecule has 0 radical (unpaired) electrons. The Balaban J connectivity index is 2.83. The monoisotopic (exact) mass is 201 g/mol. The summed E-state index contributed by atoms with van der Waals surface area (Å²) in [6.07, 6.45) is 1.69. The second-order valence-corrected chi connectivity index (χ2v) is 4.62. The smallest absolute Gasteiger partial charge is 0.195 e. The fourth-order valence-corrected chi connectivity index (χ4v) is 2.12. The van der Waals surface area contributed by atoms with Gasteiger partial charge in [-0.05, 0) is 18.6 Å². The second-order valence-electron chi connectivity index (χ2n) is 2.56. The summed E-state index contributed by atoms with van der Waals surface area (Å²) in [6.45, 7) is -0.119. The van der Waals surface area contributed by atoms with Gasteiger partial charge in [0.15, 0.2) is 14.9 Å². The third kappa shape index (κ3) is 2.78. The van der Waals surface area contributed by atoms with Crippen molar-refractivity contribution < 1.29 is 13.5 Å². The lowest BCUT2D eigenvalue weighted by molar-refractivity contribution is 0.295.